The van der Waals surface area contributed by atoms with Gasteiger partial charge in [-0.15, -0.1) is 0 Å². The highest BCUT2D eigenvalue weighted by Gasteiger charge is 2.32. The van der Waals surface area contributed by atoms with E-state index in [4.69, 9.17) is 11.5 Å². The smallest absolute Gasteiger partial charge is 0.326 e. The van der Waals surface area contributed by atoms with Gasteiger partial charge in [0.2, 0.25) is 23.6 Å². The van der Waals surface area contributed by atoms with Crippen LogP contribution in [0.1, 0.15) is 39.7 Å². The van der Waals surface area contributed by atoms with Crippen molar-refractivity contribution < 1.29 is 34.2 Å². The number of hydrogen-bond acceptors (Lipinski definition) is 7. The summed E-state index contributed by atoms with van der Waals surface area (Å²) in [4.78, 5) is 61.4. The van der Waals surface area contributed by atoms with E-state index in [1.807, 2.05) is 0 Å². The fourth-order valence-electron chi connectivity index (χ4n) is 3.10. The van der Waals surface area contributed by atoms with Crippen molar-refractivity contribution in [3.05, 3.63) is 29.8 Å². The molecule has 12 nitrogen and oxygen atoms in total. The summed E-state index contributed by atoms with van der Waals surface area (Å²) >= 11 is 0. The van der Waals surface area contributed by atoms with Crippen molar-refractivity contribution in [1.82, 2.24) is 16.0 Å². The monoisotopic (exact) mass is 493 g/mol. The Balaban J connectivity index is 3.01. The van der Waals surface area contributed by atoms with E-state index in [2.05, 4.69) is 16.0 Å². The summed E-state index contributed by atoms with van der Waals surface area (Å²) in [6.45, 7) is 6.84. The number of nitrogens with two attached hydrogens (primary N) is 2. The Morgan fingerprint density at radius 3 is 1.83 bits per heavy atom. The molecule has 4 amide bonds. The topological polar surface area (TPSA) is 214 Å². The molecule has 35 heavy (non-hydrogen) atoms. The molecule has 12 heteroatoms. The van der Waals surface area contributed by atoms with Gasteiger partial charge in [0.05, 0.1) is 12.5 Å². The molecule has 0 saturated heterocycles. The number of primary amides is 1. The maximum Gasteiger partial charge on any atom is 0.326 e. The van der Waals surface area contributed by atoms with Crippen molar-refractivity contribution in [3.63, 3.8) is 0 Å². The lowest BCUT2D eigenvalue weighted by atomic mass is 9.99. The number of aliphatic carboxylic acids is 1. The van der Waals surface area contributed by atoms with Gasteiger partial charge in [-0.2, -0.15) is 0 Å². The number of rotatable bonds is 13. The lowest BCUT2D eigenvalue weighted by Gasteiger charge is -2.27. The van der Waals surface area contributed by atoms with E-state index in [1.165, 1.54) is 24.3 Å². The van der Waals surface area contributed by atoms with Crippen LogP contribution in [0, 0.1) is 11.8 Å². The molecule has 0 radical (unpaired) electrons. The van der Waals surface area contributed by atoms with Crippen molar-refractivity contribution >= 4 is 29.6 Å². The van der Waals surface area contributed by atoms with E-state index >= 15 is 0 Å². The molecule has 4 atom stereocenters. The second-order valence-corrected chi connectivity index (χ2v) is 9.00. The predicted octanol–water partition coefficient (Wildman–Crippen LogP) is -1.01. The van der Waals surface area contributed by atoms with Crippen LogP contribution in [-0.4, -0.2) is 64.0 Å². The quantitative estimate of drug-likeness (QED) is 0.180. The lowest BCUT2D eigenvalue weighted by Crippen LogP contribution is -2.59. The summed E-state index contributed by atoms with van der Waals surface area (Å²) in [6.07, 6.45) is -0.705. The first-order valence-corrected chi connectivity index (χ1v) is 11.2. The third-order valence-corrected chi connectivity index (χ3v) is 5.30. The third-order valence-electron chi connectivity index (χ3n) is 5.30. The van der Waals surface area contributed by atoms with Crippen LogP contribution in [-0.2, 0) is 30.4 Å². The SMILES string of the molecule is CC(C)C(N)C(=O)NC(C(=O)NC(CC(N)=O)C(=O)NC(Cc1ccc(O)cc1)C(=O)O)C(C)C. The van der Waals surface area contributed by atoms with Crippen molar-refractivity contribution in [2.45, 2.75) is 64.7 Å². The van der Waals surface area contributed by atoms with Gasteiger partial charge in [-0.05, 0) is 29.5 Å². The summed E-state index contributed by atoms with van der Waals surface area (Å²) in [5.41, 5.74) is 11.6. The molecule has 1 aromatic carbocycles. The molecule has 1 aromatic rings. The summed E-state index contributed by atoms with van der Waals surface area (Å²) in [6, 6.07) is 0.959. The molecule has 0 bridgehead atoms. The minimum Gasteiger partial charge on any atom is -0.508 e. The molecule has 0 fully saturated rings. The Labute approximate surface area is 203 Å². The van der Waals surface area contributed by atoms with Gasteiger partial charge in [0.1, 0.15) is 23.9 Å². The van der Waals surface area contributed by atoms with Gasteiger partial charge >= 0.3 is 5.97 Å². The van der Waals surface area contributed by atoms with E-state index in [0.29, 0.717) is 5.56 Å². The Morgan fingerprint density at radius 1 is 0.829 bits per heavy atom. The molecule has 0 heterocycles. The zero-order valence-corrected chi connectivity index (χ0v) is 20.3. The Bertz CT molecular complexity index is 917. The summed E-state index contributed by atoms with van der Waals surface area (Å²) < 4.78 is 0. The van der Waals surface area contributed by atoms with E-state index in [1.54, 1.807) is 27.7 Å². The van der Waals surface area contributed by atoms with Crippen LogP contribution < -0.4 is 27.4 Å². The number of phenols is 1. The Hall–Kier alpha value is -3.67. The number of amides is 4. The lowest BCUT2D eigenvalue weighted by molar-refractivity contribution is -0.142. The van der Waals surface area contributed by atoms with Gasteiger partial charge in [-0.3, -0.25) is 19.2 Å². The Kier molecular flexibility index (Phi) is 11.1. The molecule has 0 aliphatic carbocycles. The molecule has 0 aromatic heterocycles. The van der Waals surface area contributed by atoms with Gasteiger partial charge in [-0.1, -0.05) is 39.8 Å². The van der Waals surface area contributed by atoms with Crippen LogP contribution >= 0.6 is 0 Å². The maximum absolute atomic E-state index is 12.9. The molecule has 0 aliphatic rings. The van der Waals surface area contributed by atoms with Crippen molar-refractivity contribution in [2.24, 2.45) is 23.3 Å². The van der Waals surface area contributed by atoms with E-state index in [-0.39, 0.29) is 18.1 Å². The molecule has 0 spiro atoms. The molecule has 194 valence electrons. The zero-order valence-electron chi connectivity index (χ0n) is 20.3. The summed E-state index contributed by atoms with van der Waals surface area (Å²) in [5.74, 6) is -5.06. The van der Waals surface area contributed by atoms with Gasteiger partial charge in [-0.25, -0.2) is 4.79 Å². The van der Waals surface area contributed by atoms with Crippen LogP contribution in [0.2, 0.25) is 0 Å². The van der Waals surface area contributed by atoms with Gasteiger partial charge in [0.25, 0.3) is 0 Å². The zero-order chi connectivity index (χ0) is 26.9. The molecule has 4 unspecified atom stereocenters. The minimum atomic E-state index is -1.47. The van der Waals surface area contributed by atoms with Crippen molar-refractivity contribution in [3.8, 4) is 5.75 Å². The highest BCUT2D eigenvalue weighted by atomic mass is 16.4. The number of carbonyl (C=O) groups excluding carboxylic acids is 4. The minimum absolute atomic E-state index is 0.00459. The first kappa shape index (κ1) is 29.4. The number of hydrogen-bond donors (Lipinski definition) is 7. The van der Waals surface area contributed by atoms with Gasteiger partial charge in [0.15, 0.2) is 0 Å². The van der Waals surface area contributed by atoms with Gasteiger partial charge in [0, 0.05) is 6.42 Å². The number of aromatic hydroxyl groups is 1. The van der Waals surface area contributed by atoms with Crippen LogP contribution in [0.5, 0.6) is 5.75 Å². The number of carboxylic acid groups (broad SMARTS) is 1. The number of benzene rings is 1. The van der Waals surface area contributed by atoms with Crippen molar-refractivity contribution in [2.75, 3.05) is 0 Å². The number of nitrogens with one attached hydrogen (secondary N) is 3. The fraction of sp³-hybridized carbons (Fsp3) is 0.522. The molecule has 0 aliphatic heterocycles. The van der Waals surface area contributed by atoms with Crippen LogP contribution in [0.25, 0.3) is 0 Å². The van der Waals surface area contributed by atoms with Gasteiger partial charge < -0.3 is 37.6 Å². The largest absolute Gasteiger partial charge is 0.508 e. The maximum atomic E-state index is 12.9. The third kappa shape index (κ3) is 9.61. The van der Waals surface area contributed by atoms with Crippen LogP contribution in [0.4, 0.5) is 0 Å². The predicted molar refractivity (Wildman–Crippen MR) is 127 cm³/mol. The number of carboxylic acids is 1. The van der Waals surface area contributed by atoms with E-state index in [9.17, 15) is 34.2 Å². The second-order valence-electron chi connectivity index (χ2n) is 9.00. The highest BCUT2D eigenvalue weighted by molar-refractivity contribution is 5.96. The highest BCUT2D eigenvalue weighted by Crippen LogP contribution is 2.12. The molecular formula is C23H35N5O7. The summed E-state index contributed by atoms with van der Waals surface area (Å²) in [7, 11) is 0. The molecule has 1 rings (SSSR count). The Morgan fingerprint density at radius 2 is 1.37 bits per heavy atom. The average Bonchev–Trinajstić information content (AvgIpc) is 2.76. The fourth-order valence-corrected chi connectivity index (χ4v) is 3.10. The first-order chi connectivity index (χ1) is 16.2. The normalized spacial score (nSPS) is 14.5. The second kappa shape index (κ2) is 13.3. The van der Waals surface area contributed by atoms with E-state index in [0.717, 1.165) is 0 Å². The molecule has 9 N–H and O–H groups in total. The standard InChI is InChI=1S/C23H35N5O7/c1-11(2)18(25)21(32)28-19(12(3)4)22(33)26-15(10-17(24)30)20(31)27-16(23(34)35)9-13-5-7-14(29)8-6-13/h5-8,11-12,15-16,18-19,29H,9-10,25H2,1-4H3,(H2,24,30)(H,26,33)(H,27,31)(H,28,32)(H,34,35). The molecular weight excluding hydrogens is 458 g/mol. The first-order valence-electron chi connectivity index (χ1n) is 11.2. The summed E-state index contributed by atoms with van der Waals surface area (Å²) in [5, 5.41) is 26.2. The number of phenolic OH excluding ortho intramolecular Hbond substituents is 1. The van der Waals surface area contributed by atoms with Crippen LogP contribution in [0.3, 0.4) is 0 Å². The average molecular weight is 494 g/mol. The van der Waals surface area contributed by atoms with E-state index < -0.39 is 66.1 Å². The van der Waals surface area contributed by atoms with Crippen LogP contribution in [0.15, 0.2) is 24.3 Å². The van der Waals surface area contributed by atoms with Crippen molar-refractivity contribution in [1.29, 1.82) is 0 Å². The number of carbonyl (C=O) groups is 5. The molecule has 0 saturated carbocycles.